The fraction of sp³-hybridized carbons (Fsp3) is 0.167. The zero-order chi connectivity index (χ0) is 18.6. The molecule has 3 aromatic rings. The van der Waals surface area contributed by atoms with Crippen molar-refractivity contribution < 1.29 is 14.3 Å². The summed E-state index contributed by atoms with van der Waals surface area (Å²) < 4.78 is 6.48. The van der Waals surface area contributed by atoms with Gasteiger partial charge in [-0.2, -0.15) is 0 Å². The first-order valence-electron chi connectivity index (χ1n) is 8.35. The number of amides is 2. The Kier molecular flexibility index (Phi) is 4.48. The lowest BCUT2D eigenvalue weighted by Gasteiger charge is -2.14. The van der Waals surface area contributed by atoms with E-state index in [-0.39, 0.29) is 18.4 Å². The van der Waals surface area contributed by atoms with Crippen LogP contribution in [-0.4, -0.2) is 45.4 Å². The van der Waals surface area contributed by atoms with Crippen molar-refractivity contribution >= 4 is 23.4 Å². The zero-order valence-corrected chi connectivity index (χ0v) is 14.3. The van der Waals surface area contributed by atoms with Gasteiger partial charge in [0.1, 0.15) is 12.9 Å². The summed E-state index contributed by atoms with van der Waals surface area (Å²) in [5, 5.41) is 13.9. The molecule has 1 aliphatic rings. The molecule has 0 bridgehead atoms. The highest BCUT2D eigenvalue weighted by Gasteiger charge is 2.23. The molecule has 2 heterocycles. The maximum Gasteiger partial charge on any atom is 0.414 e. The number of cyclic esters (lactones) is 1. The highest BCUT2D eigenvalue weighted by molar-refractivity contribution is 5.94. The molecular formula is C18H16N6O3. The molecule has 1 saturated heterocycles. The Balaban J connectivity index is 1.40. The second kappa shape index (κ2) is 7.24. The molecular weight excluding hydrogens is 348 g/mol. The van der Waals surface area contributed by atoms with Crippen LogP contribution >= 0.6 is 0 Å². The number of tetrazole rings is 1. The van der Waals surface area contributed by atoms with Crippen molar-refractivity contribution in [3.63, 3.8) is 0 Å². The van der Waals surface area contributed by atoms with Gasteiger partial charge in [0.2, 0.25) is 5.91 Å². The normalized spacial score (nSPS) is 13.5. The van der Waals surface area contributed by atoms with E-state index >= 15 is 0 Å². The van der Waals surface area contributed by atoms with Gasteiger partial charge in [-0.1, -0.05) is 18.2 Å². The van der Waals surface area contributed by atoms with Crippen molar-refractivity contribution in [2.75, 3.05) is 23.4 Å². The Morgan fingerprint density at radius 3 is 2.70 bits per heavy atom. The van der Waals surface area contributed by atoms with Crippen LogP contribution in [-0.2, 0) is 16.0 Å². The van der Waals surface area contributed by atoms with Crippen LogP contribution in [0.15, 0.2) is 54.9 Å². The van der Waals surface area contributed by atoms with Crippen LogP contribution in [0.3, 0.4) is 0 Å². The minimum absolute atomic E-state index is 0.147. The van der Waals surface area contributed by atoms with Crippen molar-refractivity contribution in [3.05, 3.63) is 60.4 Å². The number of ether oxygens (including phenoxy) is 1. The Hall–Kier alpha value is -3.75. The number of nitrogens with one attached hydrogen (secondary N) is 1. The smallest absolute Gasteiger partial charge is 0.414 e. The number of hydrogen-bond acceptors (Lipinski definition) is 6. The lowest BCUT2D eigenvalue weighted by atomic mass is 10.1. The first-order valence-corrected chi connectivity index (χ1v) is 8.35. The molecule has 0 aliphatic carbocycles. The molecule has 1 aromatic heterocycles. The topological polar surface area (TPSA) is 102 Å². The van der Waals surface area contributed by atoms with Crippen molar-refractivity contribution in [1.82, 2.24) is 20.2 Å². The fourth-order valence-electron chi connectivity index (χ4n) is 2.82. The number of benzene rings is 2. The maximum absolute atomic E-state index is 12.3. The van der Waals surface area contributed by atoms with E-state index in [9.17, 15) is 9.59 Å². The summed E-state index contributed by atoms with van der Waals surface area (Å²) in [6.45, 7) is 0.875. The lowest BCUT2D eigenvalue weighted by molar-refractivity contribution is -0.115. The minimum Gasteiger partial charge on any atom is -0.447 e. The van der Waals surface area contributed by atoms with Crippen LogP contribution in [0.4, 0.5) is 16.2 Å². The monoisotopic (exact) mass is 364 g/mol. The van der Waals surface area contributed by atoms with E-state index in [1.165, 1.54) is 11.2 Å². The van der Waals surface area contributed by atoms with Gasteiger partial charge in [0.25, 0.3) is 0 Å². The van der Waals surface area contributed by atoms with Gasteiger partial charge in [-0.25, -0.2) is 9.48 Å². The predicted octanol–water partition coefficient (Wildman–Crippen LogP) is 1.80. The summed E-state index contributed by atoms with van der Waals surface area (Å²) in [7, 11) is 0. The Bertz CT molecular complexity index is 955. The average Bonchev–Trinajstić information content (AvgIpc) is 3.34. The van der Waals surface area contributed by atoms with Crippen LogP contribution in [0.1, 0.15) is 5.56 Å². The Morgan fingerprint density at radius 1 is 1.15 bits per heavy atom. The van der Waals surface area contributed by atoms with Crippen LogP contribution in [0.2, 0.25) is 0 Å². The van der Waals surface area contributed by atoms with E-state index in [1.807, 2.05) is 24.3 Å². The third-order valence-electron chi connectivity index (χ3n) is 4.12. The highest BCUT2D eigenvalue weighted by Crippen LogP contribution is 2.22. The van der Waals surface area contributed by atoms with E-state index < -0.39 is 0 Å². The molecule has 9 heteroatoms. The Morgan fingerprint density at radius 2 is 2.00 bits per heavy atom. The summed E-state index contributed by atoms with van der Waals surface area (Å²) in [6, 6.07) is 14.5. The van der Waals surface area contributed by atoms with Gasteiger partial charge < -0.3 is 10.1 Å². The third kappa shape index (κ3) is 3.76. The second-order valence-electron chi connectivity index (χ2n) is 5.96. The van der Waals surface area contributed by atoms with Gasteiger partial charge in [-0.05, 0) is 46.3 Å². The maximum atomic E-state index is 12.3. The van der Waals surface area contributed by atoms with Gasteiger partial charge in [0.05, 0.1) is 18.7 Å². The molecule has 0 atom stereocenters. The van der Waals surface area contributed by atoms with E-state index in [2.05, 4.69) is 20.8 Å². The van der Waals surface area contributed by atoms with Crippen molar-refractivity contribution in [2.24, 2.45) is 0 Å². The van der Waals surface area contributed by atoms with Crippen LogP contribution < -0.4 is 10.2 Å². The first-order chi connectivity index (χ1) is 13.2. The molecule has 27 heavy (non-hydrogen) atoms. The van der Waals surface area contributed by atoms with E-state index in [0.29, 0.717) is 24.5 Å². The number of carbonyl (C=O) groups is 2. The van der Waals surface area contributed by atoms with Gasteiger partial charge in [-0.3, -0.25) is 9.69 Å². The summed E-state index contributed by atoms with van der Waals surface area (Å²) in [5.74, 6) is -0.147. The van der Waals surface area contributed by atoms with Gasteiger partial charge in [0, 0.05) is 11.4 Å². The molecule has 1 fully saturated rings. The third-order valence-corrected chi connectivity index (χ3v) is 4.12. The molecule has 0 saturated carbocycles. The van der Waals surface area contributed by atoms with Crippen LogP contribution in [0.25, 0.3) is 5.69 Å². The summed E-state index contributed by atoms with van der Waals surface area (Å²) in [4.78, 5) is 25.5. The molecule has 1 aliphatic heterocycles. The molecule has 0 unspecified atom stereocenters. The average molecular weight is 364 g/mol. The number of aromatic nitrogens is 4. The van der Waals surface area contributed by atoms with E-state index in [4.69, 9.17) is 4.74 Å². The summed E-state index contributed by atoms with van der Waals surface area (Å²) in [5.41, 5.74) is 3.00. The molecule has 2 aromatic carbocycles. The summed E-state index contributed by atoms with van der Waals surface area (Å²) in [6.07, 6.45) is 1.36. The van der Waals surface area contributed by atoms with Crippen LogP contribution in [0.5, 0.6) is 0 Å². The standard InChI is InChI=1S/C18H16N6O3/c25-17(10-13-4-6-15(7-5-13)24-12-19-21-22-24)20-14-2-1-3-16(11-14)23-8-9-27-18(23)26/h1-7,11-12H,8-10H2,(H,20,25). The van der Waals surface area contributed by atoms with Crippen molar-refractivity contribution in [3.8, 4) is 5.69 Å². The molecule has 0 spiro atoms. The highest BCUT2D eigenvalue weighted by atomic mass is 16.6. The minimum atomic E-state index is -0.374. The van der Waals surface area contributed by atoms with Gasteiger partial charge in [-0.15, -0.1) is 5.10 Å². The molecule has 136 valence electrons. The largest absolute Gasteiger partial charge is 0.447 e. The number of nitrogens with zero attached hydrogens (tertiary/aromatic N) is 5. The van der Waals surface area contributed by atoms with Crippen LogP contribution in [0, 0.1) is 0 Å². The number of rotatable bonds is 5. The lowest BCUT2D eigenvalue weighted by Crippen LogP contribution is -2.23. The van der Waals surface area contributed by atoms with Crippen molar-refractivity contribution in [2.45, 2.75) is 6.42 Å². The van der Waals surface area contributed by atoms with E-state index in [1.54, 1.807) is 28.9 Å². The molecule has 2 amide bonds. The molecule has 0 radical (unpaired) electrons. The number of carbonyl (C=O) groups excluding carboxylic acids is 2. The molecule has 4 rings (SSSR count). The quantitative estimate of drug-likeness (QED) is 0.741. The van der Waals surface area contributed by atoms with Gasteiger partial charge in [0.15, 0.2) is 0 Å². The zero-order valence-electron chi connectivity index (χ0n) is 14.3. The SMILES string of the molecule is O=C(Cc1ccc(-n2cnnn2)cc1)Nc1cccc(N2CCOC2=O)c1. The van der Waals surface area contributed by atoms with Crippen molar-refractivity contribution in [1.29, 1.82) is 0 Å². The van der Waals surface area contributed by atoms with E-state index in [0.717, 1.165) is 11.3 Å². The molecule has 1 N–H and O–H groups in total. The van der Waals surface area contributed by atoms with Gasteiger partial charge >= 0.3 is 6.09 Å². The second-order valence-corrected chi connectivity index (χ2v) is 5.96. The number of anilines is 2. The number of hydrogen-bond donors (Lipinski definition) is 1. The fourth-order valence-corrected chi connectivity index (χ4v) is 2.82. The Labute approximate surface area is 154 Å². The predicted molar refractivity (Wildman–Crippen MR) is 96.6 cm³/mol. The molecule has 9 nitrogen and oxygen atoms in total. The first kappa shape index (κ1) is 16.7. The summed E-state index contributed by atoms with van der Waals surface area (Å²) >= 11 is 0.